The van der Waals surface area contributed by atoms with Crippen LogP contribution in [-0.4, -0.2) is 0 Å². The van der Waals surface area contributed by atoms with Crippen LogP contribution in [0.4, 0.5) is 0 Å². The smallest absolute Gasteiger partial charge is 0.0355 e. The molecule has 82 valence electrons. The number of rotatable bonds is 3. The molecule has 2 aliphatic carbocycles. The molecule has 0 aromatic rings. The molecule has 2 fully saturated rings. The lowest BCUT2D eigenvalue weighted by molar-refractivity contribution is 0.149. The van der Waals surface area contributed by atoms with Gasteiger partial charge in [-0.15, -0.1) is 0 Å². The van der Waals surface area contributed by atoms with E-state index in [0.717, 1.165) is 23.7 Å². The van der Waals surface area contributed by atoms with Crippen molar-refractivity contribution in [3.05, 3.63) is 0 Å². The lowest BCUT2D eigenvalue weighted by Crippen LogP contribution is -2.26. The average Bonchev–Trinajstić information content (AvgIpc) is 2.58. The Bertz CT molecular complexity index is 173. The van der Waals surface area contributed by atoms with Gasteiger partial charge in [-0.05, 0) is 36.5 Å². The summed E-state index contributed by atoms with van der Waals surface area (Å²) >= 11 is 0. The fraction of sp³-hybridized carbons (Fsp3) is 1.00. The van der Waals surface area contributed by atoms with Gasteiger partial charge in [-0.3, -0.25) is 0 Å². The van der Waals surface area contributed by atoms with Crippen LogP contribution in [0.3, 0.4) is 0 Å². The van der Waals surface area contributed by atoms with E-state index in [9.17, 15) is 0 Å². The molecule has 14 heavy (non-hydrogen) atoms. The van der Waals surface area contributed by atoms with Crippen molar-refractivity contribution in [3.63, 3.8) is 0 Å². The molecule has 0 spiro atoms. The fourth-order valence-corrected chi connectivity index (χ4v) is 4.04. The molecular weight excluding hydrogens is 168 g/mol. The molecule has 0 heterocycles. The zero-order valence-corrected chi connectivity index (χ0v) is 9.97. The predicted molar refractivity (Wildman–Crippen MR) is 62.2 cm³/mol. The van der Waals surface area contributed by atoms with E-state index in [1.165, 1.54) is 32.1 Å². The molecule has 0 heteroatoms. The Hall–Kier alpha value is 0. The minimum atomic E-state index is 1.05. The second-order valence-corrected chi connectivity index (χ2v) is 5.72. The summed E-state index contributed by atoms with van der Waals surface area (Å²) in [6.45, 7) is 4.82. The SMILES string of the molecule is CCCCC1CCCC2C(C)CCC12. The van der Waals surface area contributed by atoms with E-state index in [1.54, 1.807) is 19.3 Å². The van der Waals surface area contributed by atoms with Crippen molar-refractivity contribution >= 4 is 0 Å². The Morgan fingerprint density at radius 2 is 1.86 bits per heavy atom. The van der Waals surface area contributed by atoms with Crippen molar-refractivity contribution in [2.45, 2.75) is 65.2 Å². The molecule has 0 nitrogen and oxygen atoms in total. The normalized spacial score (nSPS) is 42.4. The van der Waals surface area contributed by atoms with Crippen molar-refractivity contribution in [2.24, 2.45) is 23.7 Å². The highest BCUT2D eigenvalue weighted by Gasteiger charge is 2.39. The van der Waals surface area contributed by atoms with Crippen LogP contribution in [-0.2, 0) is 0 Å². The minimum absolute atomic E-state index is 1.05. The molecule has 4 unspecified atom stereocenters. The quantitative estimate of drug-likeness (QED) is 0.614. The highest BCUT2D eigenvalue weighted by atomic mass is 14.4. The molecule has 0 radical (unpaired) electrons. The summed E-state index contributed by atoms with van der Waals surface area (Å²) in [4.78, 5) is 0. The summed E-state index contributed by atoms with van der Waals surface area (Å²) in [6, 6.07) is 0. The van der Waals surface area contributed by atoms with Gasteiger partial charge in [-0.2, -0.15) is 0 Å². The first-order valence-corrected chi connectivity index (χ1v) is 6.83. The standard InChI is InChI=1S/C14H26/c1-3-4-6-12-7-5-8-13-11(2)9-10-14(12)13/h11-14H,3-10H2,1-2H3. The molecule has 0 saturated heterocycles. The number of fused-ring (bicyclic) bond motifs is 1. The van der Waals surface area contributed by atoms with Crippen LogP contribution >= 0.6 is 0 Å². The molecule has 2 aliphatic rings. The molecule has 0 aliphatic heterocycles. The van der Waals surface area contributed by atoms with Crippen LogP contribution in [0.1, 0.15) is 65.2 Å². The van der Waals surface area contributed by atoms with Gasteiger partial charge in [0.15, 0.2) is 0 Å². The first-order valence-electron chi connectivity index (χ1n) is 6.83. The van der Waals surface area contributed by atoms with Crippen LogP contribution in [0.15, 0.2) is 0 Å². The molecule has 4 atom stereocenters. The highest BCUT2D eigenvalue weighted by Crippen LogP contribution is 2.49. The molecule has 0 aromatic heterocycles. The average molecular weight is 194 g/mol. The van der Waals surface area contributed by atoms with Crippen molar-refractivity contribution in [1.29, 1.82) is 0 Å². The maximum Gasteiger partial charge on any atom is -0.0355 e. The Kier molecular flexibility index (Phi) is 3.52. The van der Waals surface area contributed by atoms with Crippen molar-refractivity contribution in [3.8, 4) is 0 Å². The van der Waals surface area contributed by atoms with E-state index in [0.29, 0.717) is 0 Å². The van der Waals surface area contributed by atoms with Gasteiger partial charge in [0.1, 0.15) is 0 Å². The van der Waals surface area contributed by atoms with Gasteiger partial charge in [0.25, 0.3) is 0 Å². The van der Waals surface area contributed by atoms with Gasteiger partial charge in [-0.1, -0.05) is 52.4 Å². The molecule has 0 amide bonds. The Labute approximate surface area is 89.5 Å². The van der Waals surface area contributed by atoms with Gasteiger partial charge in [0.05, 0.1) is 0 Å². The summed E-state index contributed by atoms with van der Waals surface area (Å²) < 4.78 is 0. The van der Waals surface area contributed by atoms with E-state index < -0.39 is 0 Å². The number of hydrogen-bond acceptors (Lipinski definition) is 0. The number of unbranched alkanes of at least 4 members (excludes halogenated alkanes) is 1. The summed E-state index contributed by atoms with van der Waals surface area (Å²) in [5.74, 6) is 4.40. The van der Waals surface area contributed by atoms with E-state index in [4.69, 9.17) is 0 Å². The van der Waals surface area contributed by atoms with Crippen LogP contribution in [0.5, 0.6) is 0 Å². The molecule has 2 saturated carbocycles. The lowest BCUT2D eigenvalue weighted by atomic mass is 9.70. The van der Waals surface area contributed by atoms with E-state index in [-0.39, 0.29) is 0 Å². The molecule has 0 N–H and O–H groups in total. The minimum Gasteiger partial charge on any atom is -0.0654 e. The Morgan fingerprint density at radius 3 is 2.64 bits per heavy atom. The second-order valence-electron chi connectivity index (χ2n) is 5.72. The van der Waals surface area contributed by atoms with Crippen molar-refractivity contribution in [2.75, 3.05) is 0 Å². The predicted octanol–water partition coefficient (Wildman–Crippen LogP) is 4.64. The van der Waals surface area contributed by atoms with Gasteiger partial charge in [0, 0.05) is 0 Å². The molecule has 0 aromatic carbocycles. The van der Waals surface area contributed by atoms with Gasteiger partial charge >= 0.3 is 0 Å². The van der Waals surface area contributed by atoms with Crippen LogP contribution in [0, 0.1) is 23.7 Å². The van der Waals surface area contributed by atoms with E-state index in [1.807, 2.05) is 0 Å². The third-order valence-electron chi connectivity index (χ3n) is 4.88. The first-order chi connectivity index (χ1) is 6.83. The fourth-order valence-electron chi connectivity index (χ4n) is 4.04. The van der Waals surface area contributed by atoms with Crippen molar-refractivity contribution in [1.82, 2.24) is 0 Å². The first kappa shape index (κ1) is 10.5. The summed E-state index contributed by atoms with van der Waals surface area (Å²) in [6.07, 6.45) is 12.1. The monoisotopic (exact) mass is 194 g/mol. The zero-order valence-electron chi connectivity index (χ0n) is 9.97. The van der Waals surface area contributed by atoms with Crippen LogP contribution < -0.4 is 0 Å². The number of hydrogen-bond donors (Lipinski definition) is 0. The molecular formula is C14H26. The third kappa shape index (κ3) is 1.99. The maximum atomic E-state index is 2.49. The lowest BCUT2D eigenvalue weighted by Gasteiger charge is -2.35. The Balaban J connectivity index is 1.91. The topological polar surface area (TPSA) is 0 Å². The summed E-state index contributed by atoms with van der Waals surface area (Å²) in [5, 5.41) is 0. The van der Waals surface area contributed by atoms with Crippen molar-refractivity contribution < 1.29 is 0 Å². The zero-order chi connectivity index (χ0) is 9.97. The van der Waals surface area contributed by atoms with Gasteiger partial charge in [-0.25, -0.2) is 0 Å². The summed E-state index contributed by atoms with van der Waals surface area (Å²) in [7, 11) is 0. The molecule has 0 bridgehead atoms. The van der Waals surface area contributed by atoms with Gasteiger partial charge < -0.3 is 0 Å². The van der Waals surface area contributed by atoms with E-state index >= 15 is 0 Å². The highest BCUT2D eigenvalue weighted by molar-refractivity contribution is 4.89. The summed E-state index contributed by atoms with van der Waals surface area (Å²) in [5.41, 5.74) is 0. The van der Waals surface area contributed by atoms with Gasteiger partial charge in [0.2, 0.25) is 0 Å². The Morgan fingerprint density at radius 1 is 1.00 bits per heavy atom. The third-order valence-corrected chi connectivity index (χ3v) is 4.88. The largest absolute Gasteiger partial charge is 0.0654 e. The van der Waals surface area contributed by atoms with E-state index in [2.05, 4.69) is 13.8 Å². The maximum absolute atomic E-state index is 2.49. The second kappa shape index (κ2) is 4.68. The van der Waals surface area contributed by atoms with Crippen LogP contribution in [0.25, 0.3) is 0 Å². The van der Waals surface area contributed by atoms with Crippen LogP contribution in [0.2, 0.25) is 0 Å². The molecule has 2 rings (SSSR count).